The second kappa shape index (κ2) is 4.73. The molecule has 0 bridgehead atoms. The SMILES string of the molecule is CN(Cc1ccco1)C(=O)Cn1cc(N)cn1. The molecule has 0 saturated heterocycles. The van der Waals surface area contributed by atoms with E-state index in [1.807, 2.05) is 6.07 Å². The Morgan fingerprint density at radius 3 is 3.06 bits per heavy atom. The Kier molecular flexibility index (Phi) is 3.13. The van der Waals surface area contributed by atoms with E-state index in [2.05, 4.69) is 5.10 Å². The van der Waals surface area contributed by atoms with Crippen LogP contribution in [-0.2, 0) is 17.9 Å². The van der Waals surface area contributed by atoms with E-state index in [1.165, 1.54) is 10.9 Å². The summed E-state index contributed by atoms with van der Waals surface area (Å²) in [5.41, 5.74) is 6.06. The average molecular weight is 234 g/mol. The Morgan fingerprint density at radius 1 is 1.65 bits per heavy atom. The molecule has 6 nitrogen and oxygen atoms in total. The average Bonchev–Trinajstić information content (AvgIpc) is 2.90. The van der Waals surface area contributed by atoms with Crippen molar-refractivity contribution in [3.05, 3.63) is 36.5 Å². The maximum atomic E-state index is 11.8. The first kappa shape index (κ1) is 11.3. The molecule has 90 valence electrons. The van der Waals surface area contributed by atoms with Crippen LogP contribution in [0.3, 0.4) is 0 Å². The highest BCUT2D eigenvalue weighted by atomic mass is 16.3. The normalized spacial score (nSPS) is 10.4. The van der Waals surface area contributed by atoms with E-state index in [0.29, 0.717) is 12.2 Å². The van der Waals surface area contributed by atoms with Gasteiger partial charge >= 0.3 is 0 Å². The zero-order valence-electron chi connectivity index (χ0n) is 9.54. The molecule has 0 unspecified atom stereocenters. The molecule has 0 atom stereocenters. The molecule has 0 fully saturated rings. The summed E-state index contributed by atoms with van der Waals surface area (Å²) in [4.78, 5) is 13.4. The number of amides is 1. The van der Waals surface area contributed by atoms with Gasteiger partial charge in [0, 0.05) is 13.2 Å². The molecule has 17 heavy (non-hydrogen) atoms. The molecule has 0 aliphatic heterocycles. The van der Waals surface area contributed by atoms with E-state index < -0.39 is 0 Å². The monoisotopic (exact) mass is 234 g/mol. The van der Waals surface area contributed by atoms with Crippen molar-refractivity contribution in [3.8, 4) is 0 Å². The van der Waals surface area contributed by atoms with E-state index in [4.69, 9.17) is 10.2 Å². The first-order chi connectivity index (χ1) is 8.15. The minimum absolute atomic E-state index is 0.0514. The molecule has 2 heterocycles. The van der Waals surface area contributed by atoms with Gasteiger partial charge in [-0.3, -0.25) is 9.48 Å². The van der Waals surface area contributed by atoms with Gasteiger partial charge in [-0.1, -0.05) is 0 Å². The largest absolute Gasteiger partial charge is 0.467 e. The number of aromatic nitrogens is 2. The number of hydrogen-bond acceptors (Lipinski definition) is 4. The maximum absolute atomic E-state index is 11.8. The number of rotatable bonds is 4. The van der Waals surface area contributed by atoms with Crippen LogP contribution in [0, 0.1) is 0 Å². The summed E-state index contributed by atoms with van der Waals surface area (Å²) in [5, 5.41) is 3.96. The van der Waals surface area contributed by atoms with E-state index in [-0.39, 0.29) is 12.5 Å². The van der Waals surface area contributed by atoms with Crippen molar-refractivity contribution in [2.75, 3.05) is 12.8 Å². The van der Waals surface area contributed by atoms with Crippen molar-refractivity contribution in [3.63, 3.8) is 0 Å². The molecule has 2 aromatic heterocycles. The quantitative estimate of drug-likeness (QED) is 0.845. The predicted molar refractivity (Wildman–Crippen MR) is 61.8 cm³/mol. The topological polar surface area (TPSA) is 77.3 Å². The van der Waals surface area contributed by atoms with Crippen LogP contribution >= 0.6 is 0 Å². The molecule has 0 aromatic carbocycles. The fourth-order valence-electron chi connectivity index (χ4n) is 1.45. The van der Waals surface area contributed by atoms with Gasteiger partial charge in [0.25, 0.3) is 0 Å². The third-order valence-electron chi connectivity index (χ3n) is 2.35. The summed E-state index contributed by atoms with van der Waals surface area (Å²) in [5.74, 6) is 0.699. The van der Waals surface area contributed by atoms with Crippen LogP contribution in [0.4, 0.5) is 5.69 Å². The van der Waals surface area contributed by atoms with Crippen LogP contribution in [-0.4, -0.2) is 27.6 Å². The van der Waals surface area contributed by atoms with Gasteiger partial charge in [-0.05, 0) is 12.1 Å². The zero-order valence-corrected chi connectivity index (χ0v) is 9.54. The van der Waals surface area contributed by atoms with Crippen molar-refractivity contribution < 1.29 is 9.21 Å². The van der Waals surface area contributed by atoms with Crippen LogP contribution in [0.1, 0.15) is 5.76 Å². The Hall–Kier alpha value is -2.24. The van der Waals surface area contributed by atoms with Crippen LogP contribution in [0.5, 0.6) is 0 Å². The van der Waals surface area contributed by atoms with E-state index in [9.17, 15) is 4.79 Å². The summed E-state index contributed by atoms with van der Waals surface area (Å²) in [7, 11) is 1.72. The minimum atomic E-state index is -0.0514. The lowest BCUT2D eigenvalue weighted by molar-refractivity contribution is -0.131. The summed E-state index contributed by atoms with van der Waals surface area (Å²) in [6.45, 7) is 0.622. The number of likely N-dealkylation sites (N-methyl/N-ethyl adjacent to an activating group) is 1. The molecule has 6 heteroatoms. The fraction of sp³-hybridized carbons (Fsp3) is 0.273. The number of carbonyl (C=O) groups excluding carboxylic acids is 1. The lowest BCUT2D eigenvalue weighted by atomic mass is 10.4. The Morgan fingerprint density at radius 2 is 2.47 bits per heavy atom. The third kappa shape index (κ3) is 2.87. The van der Waals surface area contributed by atoms with Crippen LogP contribution < -0.4 is 5.73 Å². The van der Waals surface area contributed by atoms with Gasteiger partial charge in [-0.2, -0.15) is 5.10 Å². The minimum Gasteiger partial charge on any atom is -0.467 e. The lowest BCUT2D eigenvalue weighted by Crippen LogP contribution is -2.29. The van der Waals surface area contributed by atoms with Crippen LogP contribution in [0.25, 0.3) is 0 Å². The number of furan rings is 1. The predicted octanol–water partition coefficient (Wildman–Crippen LogP) is 0.717. The first-order valence-electron chi connectivity index (χ1n) is 5.19. The maximum Gasteiger partial charge on any atom is 0.244 e. The number of anilines is 1. The molecular weight excluding hydrogens is 220 g/mol. The second-order valence-electron chi connectivity index (χ2n) is 3.80. The second-order valence-corrected chi connectivity index (χ2v) is 3.80. The molecule has 0 spiro atoms. The molecular formula is C11H14N4O2. The summed E-state index contributed by atoms with van der Waals surface area (Å²) in [6.07, 6.45) is 4.72. The van der Waals surface area contributed by atoms with Gasteiger partial charge in [0.1, 0.15) is 12.3 Å². The van der Waals surface area contributed by atoms with Crippen molar-refractivity contribution in [1.29, 1.82) is 0 Å². The summed E-state index contributed by atoms with van der Waals surface area (Å²) < 4.78 is 6.68. The zero-order chi connectivity index (χ0) is 12.3. The molecule has 2 N–H and O–H groups in total. The van der Waals surface area contributed by atoms with Crippen LogP contribution in [0.15, 0.2) is 35.2 Å². The van der Waals surface area contributed by atoms with Gasteiger partial charge < -0.3 is 15.1 Å². The van der Waals surface area contributed by atoms with Gasteiger partial charge in [0.2, 0.25) is 5.91 Å². The molecule has 0 radical (unpaired) electrons. The van der Waals surface area contributed by atoms with Gasteiger partial charge in [0.05, 0.1) is 24.7 Å². The third-order valence-corrected chi connectivity index (χ3v) is 2.35. The first-order valence-corrected chi connectivity index (χ1v) is 5.19. The van der Waals surface area contributed by atoms with E-state index in [0.717, 1.165) is 5.76 Å². The number of hydrogen-bond donors (Lipinski definition) is 1. The highest BCUT2D eigenvalue weighted by Gasteiger charge is 2.11. The van der Waals surface area contributed by atoms with Crippen molar-refractivity contribution in [2.24, 2.45) is 0 Å². The highest BCUT2D eigenvalue weighted by Crippen LogP contribution is 2.05. The smallest absolute Gasteiger partial charge is 0.244 e. The number of nitrogens with two attached hydrogens (primary N) is 1. The standard InChI is InChI=1S/C11H14N4O2/c1-14(7-10-3-2-4-17-10)11(16)8-15-6-9(12)5-13-15/h2-6H,7-8,12H2,1H3. The van der Waals surface area contributed by atoms with Crippen molar-refractivity contribution in [2.45, 2.75) is 13.1 Å². The van der Waals surface area contributed by atoms with Crippen LogP contribution in [0.2, 0.25) is 0 Å². The number of nitrogen functional groups attached to an aromatic ring is 1. The molecule has 1 amide bonds. The summed E-state index contributed by atoms with van der Waals surface area (Å²) >= 11 is 0. The van der Waals surface area contributed by atoms with Gasteiger partial charge in [-0.25, -0.2) is 0 Å². The summed E-state index contributed by atoms with van der Waals surface area (Å²) in [6, 6.07) is 3.62. The molecule has 2 aromatic rings. The highest BCUT2D eigenvalue weighted by molar-refractivity contribution is 5.75. The van der Waals surface area contributed by atoms with E-state index >= 15 is 0 Å². The molecule has 2 rings (SSSR count). The fourth-order valence-corrected chi connectivity index (χ4v) is 1.45. The molecule has 0 aliphatic rings. The van der Waals surface area contributed by atoms with Crippen molar-refractivity contribution in [1.82, 2.24) is 14.7 Å². The Balaban J connectivity index is 1.91. The molecule has 0 aliphatic carbocycles. The van der Waals surface area contributed by atoms with Crippen molar-refractivity contribution >= 4 is 11.6 Å². The molecule has 0 saturated carbocycles. The lowest BCUT2D eigenvalue weighted by Gasteiger charge is -2.15. The Labute approximate surface area is 98.6 Å². The number of nitrogens with zero attached hydrogens (tertiary/aromatic N) is 3. The van der Waals surface area contributed by atoms with Gasteiger partial charge in [-0.15, -0.1) is 0 Å². The Bertz CT molecular complexity index is 489. The number of carbonyl (C=O) groups is 1. The van der Waals surface area contributed by atoms with E-state index in [1.54, 1.807) is 30.5 Å². The van der Waals surface area contributed by atoms with Gasteiger partial charge in [0.15, 0.2) is 0 Å².